The number of benzene rings is 1. The number of ether oxygens (including phenoxy) is 3. The molecule has 1 aromatic carbocycles. The molecule has 1 rings (SSSR count). The predicted octanol–water partition coefficient (Wildman–Crippen LogP) is 1.73. The SMILES string of the molecule is COC(=O)C(C)(C)COc1cc(CN)ccc1OC. The Kier molecular flexibility index (Phi) is 5.18. The Bertz CT molecular complexity index is 443. The molecular formula is C14H21NO4. The molecule has 0 aliphatic rings. The highest BCUT2D eigenvalue weighted by atomic mass is 16.5. The number of nitrogens with two attached hydrogens (primary N) is 1. The van der Waals surface area contributed by atoms with Crippen LogP contribution in [0, 0.1) is 5.41 Å². The minimum Gasteiger partial charge on any atom is -0.493 e. The van der Waals surface area contributed by atoms with Gasteiger partial charge in [0.05, 0.1) is 19.6 Å². The van der Waals surface area contributed by atoms with Crippen LogP contribution in [0.2, 0.25) is 0 Å². The molecule has 5 nitrogen and oxygen atoms in total. The van der Waals surface area contributed by atoms with E-state index in [2.05, 4.69) is 0 Å². The third-order valence-electron chi connectivity index (χ3n) is 2.79. The highest BCUT2D eigenvalue weighted by Crippen LogP contribution is 2.30. The number of carbonyl (C=O) groups excluding carboxylic acids is 1. The van der Waals surface area contributed by atoms with Crippen molar-refractivity contribution in [2.75, 3.05) is 20.8 Å². The third kappa shape index (κ3) is 3.86. The first-order valence-corrected chi connectivity index (χ1v) is 6.03. The largest absolute Gasteiger partial charge is 0.493 e. The molecule has 0 spiro atoms. The molecular weight excluding hydrogens is 246 g/mol. The van der Waals surface area contributed by atoms with Crippen molar-refractivity contribution in [3.05, 3.63) is 23.8 Å². The third-order valence-corrected chi connectivity index (χ3v) is 2.79. The van der Waals surface area contributed by atoms with Gasteiger partial charge in [-0.3, -0.25) is 4.79 Å². The summed E-state index contributed by atoms with van der Waals surface area (Å²) in [7, 11) is 2.93. The minimum atomic E-state index is -0.724. The molecule has 0 radical (unpaired) electrons. The number of esters is 1. The van der Waals surface area contributed by atoms with E-state index in [1.54, 1.807) is 27.0 Å². The molecule has 0 fully saturated rings. The zero-order chi connectivity index (χ0) is 14.5. The Labute approximate surface area is 113 Å². The van der Waals surface area contributed by atoms with Gasteiger partial charge in [0.25, 0.3) is 0 Å². The fraction of sp³-hybridized carbons (Fsp3) is 0.500. The van der Waals surface area contributed by atoms with Crippen molar-refractivity contribution >= 4 is 5.97 Å². The van der Waals surface area contributed by atoms with E-state index in [1.807, 2.05) is 12.1 Å². The molecule has 106 valence electrons. The van der Waals surface area contributed by atoms with Crippen LogP contribution in [0.1, 0.15) is 19.4 Å². The molecule has 0 amide bonds. The average molecular weight is 267 g/mol. The van der Waals surface area contributed by atoms with Gasteiger partial charge in [-0.1, -0.05) is 6.07 Å². The zero-order valence-electron chi connectivity index (χ0n) is 11.9. The van der Waals surface area contributed by atoms with Crippen molar-refractivity contribution in [2.45, 2.75) is 20.4 Å². The van der Waals surface area contributed by atoms with Crippen LogP contribution in [0.4, 0.5) is 0 Å². The van der Waals surface area contributed by atoms with Gasteiger partial charge in [0, 0.05) is 6.54 Å². The first-order chi connectivity index (χ1) is 8.94. The molecule has 0 unspecified atom stereocenters. The van der Waals surface area contributed by atoms with Crippen molar-refractivity contribution in [1.82, 2.24) is 0 Å². The second-order valence-electron chi connectivity index (χ2n) is 4.85. The van der Waals surface area contributed by atoms with Crippen LogP contribution in [0.5, 0.6) is 11.5 Å². The Hall–Kier alpha value is -1.75. The highest BCUT2D eigenvalue weighted by molar-refractivity contribution is 5.75. The van der Waals surface area contributed by atoms with Crippen LogP contribution in [0.15, 0.2) is 18.2 Å². The van der Waals surface area contributed by atoms with E-state index in [0.29, 0.717) is 18.0 Å². The van der Waals surface area contributed by atoms with Gasteiger partial charge in [0.2, 0.25) is 0 Å². The fourth-order valence-electron chi connectivity index (χ4n) is 1.55. The summed E-state index contributed by atoms with van der Waals surface area (Å²) in [5.41, 5.74) is 5.80. The van der Waals surface area contributed by atoms with E-state index in [-0.39, 0.29) is 12.6 Å². The van der Waals surface area contributed by atoms with Gasteiger partial charge < -0.3 is 19.9 Å². The lowest BCUT2D eigenvalue weighted by Gasteiger charge is -2.22. The molecule has 0 atom stereocenters. The van der Waals surface area contributed by atoms with Crippen molar-refractivity contribution in [3.8, 4) is 11.5 Å². The molecule has 0 aromatic heterocycles. The first-order valence-electron chi connectivity index (χ1n) is 6.03. The van der Waals surface area contributed by atoms with Crippen LogP contribution >= 0.6 is 0 Å². The molecule has 0 heterocycles. The summed E-state index contributed by atoms with van der Waals surface area (Å²) >= 11 is 0. The summed E-state index contributed by atoms with van der Waals surface area (Å²) < 4.78 is 15.6. The van der Waals surface area contributed by atoms with Crippen molar-refractivity contribution in [1.29, 1.82) is 0 Å². The maximum absolute atomic E-state index is 11.6. The van der Waals surface area contributed by atoms with E-state index >= 15 is 0 Å². The molecule has 0 saturated carbocycles. The maximum Gasteiger partial charge on any atom is 0.314 e. The fourth-order valence-corrected chi connectivity index (χ4v) is 1.55. The highest BCUT2D eigenvalue weighted by Gasteiger charge is 2.30. The predicted molar refractivity (Wildman–Crippen MR) is 72.2 cm³/mol. The Balaban J connectivity index is 2.84. The lowest BCUT2D eigenvalue weighted by molar-refractivity contribution is -0.152. The summed E-state index contributed by atoms with van der Waals surface area (Å²) in [6, 6.07) is 5.48. The Morgan fingerprint density at radius 3 is 2.47 bits per heavy atom. The summed E-state index contributed by atoms with van der Waals surface area (Å²) in [4.78, 5) is 11.6. The van der Waals surface area contributed by atoms with Crippen molar-refractivity contribution in [3.63, 3.8) is 0 Å². The number of hydrogen-bond donors (Lipinski definition) is 1. The molecule has 0 saturated heterocycles. The second kappa shape index (κ2) is 6.43. The normalized spacial score (nSPS) is 11.0. The first kappa shape index (κ1) is 15.3. The summed E-state index contributed by atoms with van der Waals surface area (Å²) in [6.07, 6.45) is 0. The molecule has 0 aliphatic carbocycles. The van der Waals surface area contributed by atoms with Crippen LogP contribution in [0.25, 0.3) is 0 Å². The van der Waals surface area contributed by atoms with Crippen molar-refractivity contribution in [2.24, 2.45) is 11.1 Å². The standard InChI is InChI=1S/C14H21NO4/c1-14(2,13(16)18-4)9-19-12-7-10(8-15)5-6-11(12)17-3/h5-7H,8-9,15H2,1-4H3. The number of carbonyl (C=O) groups is 1. The van der Waals surface area contributed by atoms with E-state index in [4.69, 9.17) is 19.9 Å². The monoisotopic (exact) mass is 267 g/mol. The van der Waals surface area contributed by atoms with Gasteiger partial charge in [0.15, 0.2) is 11.5 Å². The quantitative estimate of drug-likeness (QED) is 0.795. The van der Waals surface area contributed by atoms with Crippen LogP contribution < -0.4 is 15.2 Å². The molecule has 19 heavy (non-hydrogen) atoms. The number of methoxy groups -OCH3 is 2. The molecule has 2 N–H and O–H groups in total. The molecule has 5 heteroatoms. The molecule has 0 bridgehead atoms. The van der Waals surface area contributed by atoms with Crippen LogP contribution in [-0.2, 0) is 16.1 Å². The average Bonchev–Trinajstić information content (AvgIpc) is 2.43. The summed E-state index contributed by atoms with van der Waals surface area (Å²) in [5, 5.41) is 0. The molecule has 1 aromatic rings. The number of rotatable bonds is 6. The van der Waals surface area contributed by atoms with Crippen LogP contribution in [-0.4, -0.2) is 26.8 Å². The van der Waals surface area contributed by atoms with Crippen LogP contribution in [0.3, 0.4) is 0 Å². The van der Waals surface area contributed by atoms with E-state index in [9.17, 15) is 4.79 Å². The van der Waals surface area contributed by atoms with Crippen molar-refractivity contribution < 1.29 is 19.0 Å². The van der Waals surface area contributed by atoms with Gasteiger partial charge in [-0.2, -0.15) is 0 Å². The second-order valence-corrected chi connectivity index (χ2v) is 4.85. The maximum atomic E-state index is 11.6. The summed E-state index contributed by atoms with van der Waals surface area (Å²) in [5.74, 6) is 0.863. The Morgan fingerprint density at radius 1 is 1.26 bits per heavy atom. The lowest BCUT2D eigenvalue weighted by atomic mass is 9.95. The van der Waals surface area contributed by atoms with E-state index in [0.717, 1.165) is 5.56 Å². The molecule has 0 aliphatic heterocycles. The van der Waals surface area contributed by atoms with E-state index in [1.165, 1.54) is 7.11 Å². The lowest BCUT2D eigenvalue weighted by Crippen LogP contribution is -2.32. The smallest absolute Gasteiger partial charge is 0.314 e. The zero-order valence-corrected chi connectivity index (χ0v) is 11.9. The van der Waals surface area contributed by atoms with E-state index < -0.39 is 5.41 Å². The van der Waals surface area contributed by atoms with Gasteiger partial charge in [0.1, 0.15) is 6.61 Å². The van der Waals surface area contributed by atoms with Gasteiger partial charge in [-0.25, -0.2) is 0 Å². The minimum absolute atomic E-state index is 0.198. The number of hydrogen-bond acceptors (Lipinski definition) is 5. The van der Waals surface area contributed by atoms with Gasteiger partial charge in [-0.15, -0.1) is 0 Å². The Morgan fingerprint density at radius 2 is 1.95 bits per heavy atom. The van der Waals surface area contributed by atoms with Gasteiger partial charge >= 0.3 is 5.97 Å². The van der Waals surface area contributed by atoms with Gasteiger partial charge in [-0.05, 0) is 31.5 Å². The summed E-state index contributed by atoms with van der Waals surface area (Å²) in [6.45, 7) is 4.14. The topological polar surface area (TPSA) is 70.8 Å².